The number of hydrogen-bond donors (Lipinski definition) is 1. The first kappa shape index (κ1) is 14.1. The van der Waals surface area contributed by atoms with E-state index >= 15 is 0 Å². The Labute approximate surface area is 124 Å². The molecule has 1 saturated heterocycles. The first-order valence-corrected chi connectivity index (χ1v) is 7.38. The van der Waals surface area contributed by atoms with Gasteiger partial charge >= 0.3 is 0 Å². The minimum atomic E-state index is 0.477. The summed E-state index contributed by atoms with van der Waals surface area (Å²) in [7, 11) is 3.76. The van der Waals surface area contributed by atoms with Crippen LogP contribution >= 0.6 is 0 Å². The summed E-state index contributed by atoms with van der Waals surface area (Å²) in [4.78, 5) is 15.1. The zero-order valence-electron chi connectivity index (χ0n) is 12.6. The predicted octanol–water partition coefficient (Wildman–Crippen LogP) is 1.15. The van der Waals surface area contributed by atoms with Crippen LogP contribution in [0.5, 0.6) is 5.88 Å². The number of methoxy groups -OCH3 is 1. The molecule has 2 N–H and O–H groups in total. The van der Waals surface area contributed by atoms with E-state index in [1.165, 1.54) is 32.3 Å². The molecule has 7 nitrogen and oxygen atoms in total. The van der Waals surface area contributed by atoms with Crippen LogP contribution in [0.25, 0.3) is 11.2 Å². The van der Waals surface area contributed by atoms with Crippen molar-refractivity contribution < 1.29 is 4.74 Å². The SMILES string of the molecule is COc1ncnc2c1nc(N)n2CCC1CCN(C)CC1. The van der Waals surface area contributed by atoms with Gasteiger partial charge in [0.05, 0.1) is 7.11 Å². The minimum absolute atomic E-state index is 0.477. The average molecular weight is 290 g/mol. The number of fused-ring (bicyclic) bond motifs is 1. The van der Waals surface area contributed by atoms with Gasteiger partial charge in [-0.25, -0.2) is 9.97 Å². The molecule has 0 aromatic carbocycles. The summed E-state index contributed by atoms with van der Waals surface area (Å²) in [5, 5.41) is 0. The third-order valence-corrected chi connectivity index (χ3v) is 4.32. The van der Waals surface area contributed by atoms with Crippen LogP contribution in [-0.2, 0) is 6.54 Å². The number of likely N-dealkylation sites (tertiary alicyclic amines) is 1. The van der Waals surface area contributed by atoms with Gasteiger partial charge in [-0.2, -0.15) is 4.98 Å². The number of imidazole rings is 1. The van der Waals surface area contributed by atoms with E-state index in [0.717, 1.165) is 24.5 Å². The van der Waals surface area contributed by atoms with E-state index in [4.69, 9.17) is 10.5 Å². The van der Waals surface area contributed by atoms with Gasteiger partial charge in [0, 0.05) is 6.54 Å². The van der Waals surface area contributed by atoms with Crippen LogP contribution in [0.4, 0.5) is 5.95 Å². The van der Waals surface area contributed by atoms with Crippen molar-refractivity contribution in [2.24, 2.45) is 5.92 Å². The molecular weight excluding hydrogens is 268 g/mol. The standard InChI is InChI=1S/C14H22N6O/c1-19-6-3-10(4-7-19)5-8-20-12-11(18-14(20)15)13(21-2)17-9-16-12/h9-10H,3-8H2,1-2H3,(H2,15,18). The third kappa shape index (κ3) is 2.78. The summed E-state index contributed by atoms with van der Waals surface area (Å²) in [6.07, 6.45) is 5.10. The molecule has 0 bridgehead atoms. The van der Waals surface area contributed by atoms with E-state index in [2.05, 4.69) is 26.9 Å². The van der Waals surface area contributed by atoms with E-state index in [-0.39, 0.29) is 0 Å². The van der Waals surface area contributed by atoms with E-state index < -0.39 is 0 Å². The molecule has 0 radical (unpaired) electrons. The molecule has 1 fully saturated rings. The van der Waals surface area contributed by atoms with Crippen molar-refractivity contribution in [3.8, 4) is 5.88 Å². The highest BCUT2D eigenvalue weighted by Gasteiger charge is 2.19. The molecule has 114 valence electrons. The molecule has 7 heteroatoms. The zero-order chi connectivity index (χ0) is 14.8. The number of hydrogen-bond acceptors (Lipinski definition) is 6. The number of aryl methyl sites for hydroxylation is 1. The van der Waals surface area contributed by atoms with Gasteiger partial charge in [-0.1, -0.05) is 0 Å². The summed E-state index contributed by atoms with van der Waals surface area (Å²) < 4.78 is 7.18. The first-order chi connectivity index (χ1) is 10.2. The summed E-state index contributed by atoms with van der Waals surface area (Å²) in [5.41, 5.74) is 7.43. The number of aromatic nitrogens is 4. The molecule has 0 saturated carbocycles. The average Bonchev–Trinajstić information content (AvgIpc) is 2.82. The van der Waals surface area contributed by atoms with Gasteiger partial charge in [-0.3, -0.25) is 4.57 Å². The largest absolute Gasteiger partial charge is 0.479 e. The summed E-state index contributed by atoms with van der Waals surface area (Å²) in [6.45, 7) is 3.21. The Balaban J connectivity index is 1.76. The number of piperidine rings is 1. The maximum atomic E-state index is 6.03. The highest BCUT2D eigenvalue weighted by molar-refractivity contribution is 5.78. The molecule has 3 rings (SSSR count). The molecule has 0 amide bonds. The van der Waals surface area contributed by atoms with Crippen LogP contribution in [0, 0.1) is 5.92 Å². The highest BCUT2D eigenvalue weighted by atomic mass is 16.5. The Morgan fingerprint density at radius 1 is 1.33 bits per heavy atom. The Kier molecular flexibility index (Phi) is 3.92. The van der Waals surface area contributed by atoms with Crippen molar-refractivity contribution in [2.45, 2.75) is 25.8 Å². The van der Waals surface area contributed by atoms with Gasteiger partial charge in [-0.05, 0) is 45.3 Å². The molecule has 2 aromatic heterocycles. The highest BCUT2D eigenvalue weighted by Crippen LogP contribution is 2.25. The van der Waals surface area contributed by atoms with Gasteiger partial charge in [0.25, 0.3) is 0 Å². The van der Waals surface area contributed by atoms with Gasteiger partial charge in [0.1, 0.15) is 6.33 Å². The first-order valence-electron chi connectivity index (χ1n) is 7.38. The van der Waals surface area contributed by atoms with Crippen LogP contribution in [-0.4, -0.2) is 51.7 Å². The molecular formula is C14H22N6O. The van der Waals surface area contributed by atoms with Crippen molar-refractivity contribution in [1.82, 2.24) is 24.4 Å². The molecule has 0 unspecified atom stereocenters. The lowest BCUT2D eigenvalue weighted by atomic mass is 9.94. The molecule has 0 atom stereocenters. The number of rotatable bonds is 4. The summed E-state index contributed by atoms with van der Waals surface area (Å²) >= 11 is 0. The Morgan fingerprint density at radius 3 is 2.81 bits per heavy atom. The van der Waals surface area contributed by atoms with Gasteiger partial charge in [0.2, 0.25) is 11.8 Å². The van der Waals surface area contributed by atoms with E-state index in [9.17, 15) is 0 Å². The van der Waals surface area contributed by atoms with Crippen molar-refractivity contribution in [3.63, 3.8) is 0 Å². The molecule has 1 aliphatic heterocycles. The number of nitrogens with zero attached hydrogens (tertiary/aromatic N) is 5. The number of anilines is 1. The maximum absolute atomic E-state index is 6.03. The smallest absolute Gasteiger partial charge is 0.245 e. The molecule has 1 aliphatic rings. The Hall–Kier alpha value is -1.89. The lowest BCUT2D eigenvalue weighted by Crippen LogP contribution is -2.30. The van der Waals surface area contributed by atoms with Crippen LogP contribution in [0.3, 0.4) is 0 Å². The van der Waals surface area contributed by atoms with E-state index in [1.54, 1.807) is 7.11 Å². The van der Waals surface area contributed by atoms with Gasteiger partial charge in [0.15, 0.2) is 11.2 Å². The maximum Gasteiger partial charge on any atom is 0.245 e. The second-order valence-electron chi connectivity index (χ2n) is 5.71. The predicted molar refractivity (Wildman–Crippen MR) is 81.1 cm³/mol. The van der Waals surface area contributed by atoms with Crippen molar-refractivity contribution in [1.29, 1.82) is 0 Å². The molecule has 3 heterocycles. The zero-order valence-corrected chi connectivity index (χ0v) is 12.6. The normalized spacial score (nSPS) is 17.4. The van der Waals surface area contributed by atoms with Crippen LogP contribution in [0.15, 0.2) is 6.33 Å². The van der Waals surface area contributed by atoms with Crippen LogP contribution in [0.2, 0.25) is 0 Å². The second kappa shape index (κ2) is 5.85. The van der Waals surface area contributed by atoms with Crippen molar-refractivity contribution >= 4 is 17.1 Å². The van der Waals surface area contributed by atoms with E-state index in [0.29, 0.717) is 17.3 Å². The third-order valence-electron chi connectivity index (χ3n) is 4.32. The monoisotopic (exact) mass is 290 g/mol. The molecule has 2 aromatic rings. The quantitative estimate of drug-likeness (QED) is 0.909. The number of nitrogens with two attached hydrogens (primary N) is 1. The van der Waals surface area contributed by atoms with Gasteiger partial charge in [-0.15, -0.1) is 0 Å². The van der Waals surface area contributed by atoms with Crippen LogP contribution in [0.1, 0.15) is 19.3 Å². The van der Waals surface area contributed by atoms with Crippen LogP contribution < -0.4 is 10.5 Å². The fourth-order valence-corrected chi connectivity index (χ4v) is 2.96. The molecule has 0 aliphatic carbocycles. The fourth-order valence-electron chi connectivity index (χ4n) is 2.96. The topological polar surface area (TPSA) is 82.1 Å². The lowest BCUT2D eigenvalue weighted by molar-refractivity contribution is 0.208. The second-order valence-corrected chi connectivity index (χ2v) is 5.71. The lowest BCUT2D eigenvalue weighted by Gasteiger charge is -2.29. The Bertz CT molecular complexity index is 617. The summed E-state index contributed by atoms with van der Waals surface area (Å²) in [6, 6.07) is 0. The minimum Gasteiger partial charge on any atom is -0.479 e. The summed E-state index contributed by atoms with van der Waals surface area (Å²) in [5.74, 6) is 1.71. The molecule has 0 spiro atoms. The van der Waals surface area contributed by atoms with Crippen molar-refractivity contribution in [2.75, 3.05) is 33.0 Å². The molecule has 21 heavy (non-hydrogen) atoms. The van der Waals surface area contributed by atoms with Gasteiger partial charge < -0.3 is 15.4 Å². The van der Waals surface area contributed by atoms with E-state index in [1.807, 2.05) is 4.57 Å². The number of nitrogen functional groups attached to an aromatic ring is 1. The number of ether oxygens (including phenoxy) is 1. The Morgan fingerprint density at radius 2 is 2.10 bits per heavy atom. The van der Waals surface area contributed by atoms with Crippen molar-refractivity contribution in [3.05, 3.63) is 6.33 Å². The fraction of sp³-hybridized carbons (Fsp3) is 0.643.